The van der Waals surface area contributed by atoms with Crippen molar-refractivity contribution < 1.29 is 29.0 Å². The minimum Gasteiger partial charge on any atom is -0.465 e. The van der Waals surface area contributed by atoms with E-state index in [-0.39, 0.29) is 24.4 Å². The predicted molar refractivity (Wildman–Crippen MR) is 156 cm³/mol. The number of fused-ring (bicyclic) bond motifs is 1. The molecule has 1 spiro atoms. The van der Waals surface area contributed by atoms with Crippen LogP contribution in [0.25, 0.3) is 0 Å². The van der Waals surface area contributed by atoms with Crippen LogP contribution in [-0.4, -0.2) is 118 Å². The van der Waals surface area contributed by atoms with Crippen LogP contribution in [0.1, 0.15) is 52.4 Å². The van der Waals surface area contributed by atoms with Crippen LogP contribution in [0.4, 0.5) is 0 Å². The van der Waals surface area contributed by atoms with Crippen LogP contribution < -0.4 is 0 Å². The average Bonchev–Trinajstić information content (AvgIpc) is 3.52. The van der Waals surface area contributed by atoms with Crippen LogP contribution in [0.5, 0.6) is 0 Å². The quantitative estimate of drug-likeness (QED) is 0.180. The predicted octanol–water partition coefficient (Wildman–Crippen LogP) is 2.48. The first-order chi connectivity index (χ1) is 19.3. The number of aliphatic hydroxyl groups excluding tert-OH is 1. The second-order valence-electron chi connectivity index (χ2n) is 11.7. The Labute approximate surface area is 243 Å². The van der Waals surface area contributed by atoms with Gasteiger partial charge in [-0.15, -0.1) is 24.9 Å². The Hall–Kier alpha value is -1.88. The fourth-order valence-electron chi connectivity index (χ4n) is 7.17. The van der Waals surface area contributed by atoms with Gasteiger partial charge in [0.1, 0.15) is 6.04 Å². The third-order valence-electron chi connectivity index (χ3n) is 9.28. The lowest BCUT2D eigenvalue weighted by atomic mass is 9.66. The molecule has 4 fully saturated rings. The molecule has 0 aromatic heterocycles. The summed E-state index contributed by atoms with van der Waals surface area (Å²) in [4.78, 5) is 48.1. The van der Waals surface area contributed by atoms with Crippen LogP contribution in [0.3, 0.4) is 0 Å². The Bertz CT molecular complexity index is 954. The van der Waals surface area contributed by atoms with E-state index in [1.54, 1.807) is 27.6 Å². The van der Waals surface area contributed by atoms with Crippen LogP contribution >= 0.6 is 11.8 Å². The molecule has 4 aliphatic rings. The molecule has 0 aromatic rings. The van der Waals surface area contributed by atoms with Gasteiger partial charge < -0.3 is 24.4 Å². The maximum absolute atomic E-state index is 14.5. The molecule has 40 heavy (non-hydrogen) atoms. The van der Waals surface area contributed by atoms with Crippen molar-refractivity contribution in [3.05, 3.63) is 25.3 Å². The topological polar surface area (TPSA) is 99.6 Å². The van der Waals surface area contributed by atoms with E-state index in [9.17, 15) is 19.5 Å². The highest BCUT2D eigenvalue weighted by atomic mass is 32.2. The zero-order chi connectivity index (χ0) is 28.9. The number of rotatable bonds is 15. The van der Waals surface area contributed by atoms with Gasteiger partial charge in [-0.25, -0.2) is 0 Å². The fraction of sp³-hybridized carbons (Fsp3) is 0.767. The van der Waals surface area contributed by atoms with Gasteiger partial charge in [0.2, 0.25) is 11.8 Å². The molecule has 4 rings (SSSR count). The standard InChI is InChI=1S/C30H47N3O6S/c1-5-8-9-10-18-39-28(37)24-23-26(35)33(22(7-3)21-34)25(30(23)12-11-29(24,4)40-30)27(36)32(13-6-2)15-14-31-16-19-38-20-17-31/h5-6,22-25,34H,1-2,7-21H2,3-4H3/t22-,23-,24-,25?,29+,30?/m0/s1. The molecule has 9 nitrogen and oxygen atoms in total. The third kappa shape index (κ3) is 5.74. The van der Waals surface area contributed by atoms with Crippen molar-refractivity contribution in [2.24, 2.45) is 11.8 Å². The molecule has 0 aliphatic carbocycles. The summed E-state index contributed by atoms with van der Waals surface area (Å²) in [5, 5.41) is 10.3. The summed E-state index contributed by atoms with van der Waals surface area (Å²) in [6.45, 7) is 16.3. The van der Waals surface area contributed by atoms with E-state index in [1.807, 2.05) is 13.0 Å². The second-order valence-corrected chi connectivity index (χ2v) is 13.6. The molecule has 4 aliphatic heterocycles. The van der Waals surface area contributed by atoms with Crippen molar-refractivity contribution in [2.75, 3.05) is 59.2 Å². The second kappa shape index (κ2) is 13.4. The molecular weight excluding hydrogens is 530 g/mol. The summed E-state index contributed by atoms with van der Waals surface area (Å²) in [5.41, 5.74) is 0. The number of ether oxygens (including phenoxy) is 2. The largest absolute Gasteiger partial charge is 0.465 e. The number of carbonyl (C=O) groups excluding carboxylic acids is 3. The van der Waals surface area contributed by atoms with Gasteiger partial charge in [0.05, 0.1) is 49.1 Å². The normalized spacial score (nSPS) is 32.1. The Morgan fingerprint density at radius 2 is 2.00 bits per heavy atom. The highest BCUT2D eigenvalue weighted by Crippen LogP contribution is 2.71. The number of hydrogen-bond acceptors (Lipinski definition) is 8. The molecule has 224 valence electrons. The number of hydrogen-bond donors (Lipinski definition) is 1. The zero-order valence-corrected chi connectivity index (χ0v) is 25.0. The fourth-order valence-corrected chi connectivity index (χ4v) is 9.49. The van der Waals surface area contributed by atoms with Gasteiger partial charge >= 0.3 is 5.97 Å². The number of allylic oxidation sites excluding steroid dienone is 1. The van der Waals surface area contributed by atoms with Crippen molar-refractivity contribution in [3.8, 4) is 0 Å². The number of likely N-dealkylation sites (tertiary alicyclic amines) is 1. The number of aliphatic hydroxyl groups is 1. The Balaban J connectivity index is 1.62. The molecule has 0 radical (unpaired) electrons. The Morgan fingerprint density at radius 1 is 1.25 bits per heavy atom. The van der Waals surface area contributed by atoms with Crippen molar-refractivity contribution >= 4 is 29.5 Å². The molecule has 1 N–H and O–H groups in total. The van der Waals surface area contributed by atoms with Crippen molar-refractivity contribution in [3.63, 3.8) is 0 Å². The summed E-state index contributed by atoms with van der Waals surface area (Å²) < 4.78 is 10.0. The van der Waals surface area contributed by atoms with Gasteiger partial charge in [0, 0.05) is 37.5 Å². The molecule has 0 saturated carbocycles. The zero-order valence-electron chi connectivity index (χ0n) is 24.2. The van der Waals surface area contributed by atoms with E-state index in [1.165, 1.54) is 0 Å². The minimum absolute atomic E-state index is 0.119. The van der Waals surface area contributed by atoms with E-state index in [0.29, 0.717) is 52.3 Å². The maximum Gasteiger partial charge on any atom is 0.311 e. The summed E-state index contributed by atoms with van der Waals surface area (Å²) in [7, 11) is 0. The van der Waals surface area contributed by atoms with Gasteiger partial charge in [0.15, 0.2) is 0 Å². The molecule has 6 atom stereocenters. The summed E-state index contributed by atoms with van der Waals surface area (Å²) in [5.74, 6) is -1.91. The first kappa shape index (κ1) is 31.1. The van der Waals surface area contributed by atoms with Crippen molar-refractivity contribution in [2.45, 2.75) is 74.0 Å². The van der Waals surface area contributed by atoms with Crippen LogP contribution in [0.15, 0.2) is 25.3 Å². The van der Waals surface area contributed by atoms with Gasteiger partial charge in [-0.3, -0.25) is 19.3 Å². The molecule has 2 bridgehead atoms. The number of morpholine rings is 1. The first-order valence-electron chi connectivity index (χ1n) is 14.9. The summed E-state index contributed by atoms with van der Waals surface area (Å²) >= 11 is 1.64. The first-order valence-corrected chi connectivity index (χ1v) is 15.7. The lowest BCUT2D eigenvalue weighted by Gasteiger charge is -2.40. The van der Waals surface area contributed by atoms with E-state index in [0.717, 1.165) is 38.8 Å². The maximum atomic E-state index is 14.5. The number of nitrogens with zero attached hydrogens (tertiary/aromatic N) is 3. The average molecular weight is 578 g/mol. The lowest BCUT2D eigenvalue weighted by molar-refractivity contribution is -0.156. The van der Waals surface area contributed by atoms with Crippen LogP contribution in [0, 0.1) is 11.8 Å². The molecule has 10 heteroatoms. The van der Waals surface area contributed by atoms with Crippen LogP contribution in [0.2, 0.25) is 0 Å². The SMILES string of the molecule is C=CCCCCOC(=O)[C@@H]1[C@H]2C(=O)N([C@@H](CC)CO)C(C(=O)N(CC=C)CCN3CCOCC3)C23CC[C@@]1(C)S3. The monoisotopic (exact) mass is 577 g/mol. The van der Waals surface area contributed by atoms with E-state index in [2.05, 4.69) is 25.0 Å². The van der Waals surface area contributed by atoms with Gasteiger partial charge in [-0.05, 0) is 45.4 Å². The van der Waals surface area contributed by atoms with Gasteiger partial charge in [-0.2, -0.15) is 0 Å². The number of amides is 2. The highest BCUT2D eigenvalue weighted by Gasteiger charge is 2.78. The number of unbranched alkanes of at least 4 members (excludes halogenated alkanes) is 2. The molecule has 4 saturated heterocycles. The highest BCUT2D eigenvalue weighted by molar-refractivity contribution is 8.02. The van der Waals surface area contributed by atoms with Crippen molar-refractivity contribution in [1.29, 1.82) is 0 Å². The van der Waals surface area contributed by atoms with Crippen molar-refractivity contribution in [1.82, 2.24) is 14.7 Å². The summed E-state index contributed by atoms with van der Waals surface area (Å²) in [6.07, 6.45) is 8.01. The molecule has 2 unspecified atom stereocenters. The molecule has 4 heterocycles. The summed E-state index contributed by atoms with van der Waals surface area (Å²) in [6, 6.07) is -1.24. The molecule has 2 amide bonds. The number of thioether (sulfide) groups is 1. The van der Waals surface area contributed by atoms with E-state index >= 15 is 0 Å². The number of esters is 1. The van der Waals surface area contributed by atoms with Crippen LogP contribution in [-0.2, 0) is 23.9 Å². The Morgan fingerprint density at radius 3 is 2.65 bits per heavy atom. The van der Waals surface area contributed by atoms with Gasteiger partial charge in [-0.1, -0.05) is 19.1 Å². The van der Waals surface area contributed by atoms with Gasteiger partial charge in [0.25, 0.3) is 0 Å². The molecule has 0 aromatic carbocycles. The smallest absolute Gasteiger partial charge is 0.311 e. The third-order valence-corrected chi connectivity index (χ3v) is 11.3. The Kier molecular flexibility index (Phi) is 10.4. The molecular formula is C30H47N3O6S. The minimum atomic E-state index is -0.746. The van der Waals surface area contributed by atoms with E-state index < -0.39 is 33.4 Å². The number of carbonyl (C=O) groups is 3. The van der Waals surface area contributed by atoms with E-state index in [4.69, 9.17) is 9.47 Å². The lowest BCUT2D eigenvalue weighted by Crippen LogP contribution is -2.58.